The number of carbonyl (C=O) groups excluding carboxylic acids is 1. The third-order valence-electron chi connectivity index (χ3n) is 4.48. The standard InChI is InChI=1S/C21H21N3O6/c1-12-11-24(2)20(28)18(19(12)27)23-21(29)22-14(10-17(25)26)16-9-8-15(30-16)13-6-4-3-5-7-13/h3-9,11,14,27H,10H2,1-2H3,(H,25,26)(H2,22,23,29). The fraction of sp³-hybridized carbons (Fsp3) is 0.190. The minimum Gasteiger partial charge on any atom is -0.505 e. The van der Waals surface area contributed by atoms with Crippen LogP contribution in [0.3, 0.4) is 0 Å². The van der Waals surface area contributed by atoms with Gasteiger partial charge in [-0.3, -0.25) is 9.59 Å². The van der Waals surface area contributed by atoms with Crippen LogP contribution < -0.4 is 16.2 Å². The van der Waals surface area contributed by atoms with E-state index in [1.54, 1.807) is 19.1 Å². The maximum Gasteiger partial charge on any atom is 0.320 e. The number of carboxylic acids is 1. The highest BCUT2D eigenvalue weighted by Crippen LogP contribution is 2.27. The van der Waals surface area contributed by atoms with Crippen molar-refractivity contribution in [2.24, 2.45) is 7.05 Å². The molecule has 0 bridgehead atoms. The van der Waals surface area contributed by atoms with Gasteiger partial charge in [0, 0.05) is 24.4 Å². The zero-order chi connectivity index (χ0) is 21.8. The van der Waals surface area contributed by atoms with Crippen LogP contribution >= 0.6 is 0 Å². The molecular weight excluding hydrogens is 390 g/mol. The molecule has 0 aliphatic carbocycles. The van der Waals surface area contributed by atoms with E-state index in [4.69, 9.17) is 4.42 Å². The van der Waals surface area contributed by atoms with Gasteiger partial charge in [-0.05, 0) is 19.1 Å². The van der Waals surface area contributed by atoms with Gasteiger partial charge >= 0.3 is 12.0 Å². The number of aryl methyl sites for hydroxylation is 2. The van der Waals surface area contributed by atoms with E-state index in [1.165, 1.54) is 17.8 Å². The number of nitrogens with one attached hydrogen (secondary N) is 2. The Morgan fingerprint density at radius 1 is 1.17 bits per heavy atom. The molecule has 0 aliphatic rings. The summed E-state index contributed by atoms with van der Waals surface area (Å²) in [5.74, 6) is -0.735. The van der Waals surface area contributed by atoms with Crippen molar-refractivity contribution in [2.75, 3.05) is 5.32 Å². The summed E-state index contributed by atoms with van der Waals surface area (Å²) >= 11 is 0. The van der Waals surface area contributed by atoms with Gasteiger partial charge in [0.25, 0.3) is 5.56 Å². The van der Waals surface area contributed by atoms with Crippen LogP contribution in [0.2, 0.25) is 0 Å². The summed E-state index contributed by atoms with van der Waals surface area (Å²) in [5.41, 5.74) is 0.296. The average molecular weight is 411 g/mol. The van der Waals surface area contributed by atoms with E-state index < -0.39 is 30.0 Å². The molecular formula is C21H21N3O6. The summed E-state index contributed by atoms with van der Waals surface area (Å²) in [6.07, 6.45) is 0.995. The van der Waals surface area contributed by atoms with E-state index in [2.05, 4.69) is 10.6 Å². The molecule has 2 heterocycles. The fourth-order valence-electron chi connectivity index (χ4n) is 3.00. The summed E-state index contributed by atoms with van der Waals surface area (Å²) in [7, 11) is 1.49. The molecule has 0 radical (unpaired) electrons. The smallest absolute Gasteiger partial charge is 0.320 e. The fourth-order valence-corrected chi connectivity index (χ4v) is 3.00. The minimum absolute atomic E-state index is 0.243. The van der Waals surface area contributed by atoms with Crippen molar-refractivity contribution in [3.8, 4) is 17.1 Å². The van der Waals surface area contributed by atoms with Crippen molar-refractivity contribution in [3.05, 3.63) is 70.3 Å². The van der Waals surface area contributed by atoms with Gasteiger partial charge in [-0.2, -0.15) is 0 Å². The number of hydrogen-bond donors (Lipinski definition) is 4. The molecule has 1 unspecified atom stereocenters. The maximum atomic E-state index is 12.5. The maximum absolute atomic E-state index is 12.5. The van der Waals surface area contributed by atoms with Gasteiger partial charge in [-0.1, -0.05) is 30.3 Å². The first-order valence-corrected chi connectivity index (χ1v) is 9.10. The molecule has 30 heavy (non-hydrogen) atoms. The number of benzene rings is 1. The highest BCUT2D eigenvalue weighted by molar-refractivity contribution is 5.91. The second-order valence-corrected chi connectivity index (χ2v) is 6.77. The van der Waals surface area contributed by atoms with E-state index >= 15 is 0 Å². The van der Waals surface area contributed by atoms with Crippen LogP contribution in [0.1, 0.15) is 23.8 Å². The highest BCUT2D eigenvalue weighted by atomic mass is 16.4. The van der Waals surface area contributed by atoms with E-state index in [-0.39, 0.29) is 17.2 Å². The van der Waals surface area contributed by atoms with Gasteiger partial charge < -0.3 is 29.8 Å². The molecule has 156 valence electrons. The van der Waals surface area contributed by atoms with Crippen LogP contribution in [0.15, 0.2) is 57.9 Å². The zero-order valence-corrected chi connectivity index (χ0v) is 16.4. The van der Waals surface area contributed by atoms with Gasteiger partial charge in [-0.25, -0.2) is 4.79 Å². The third kappa shape index (κ3) is 4.52. The topological polar surface area (TPSA) is 134 Å². The summed E-state index contributed by atoms with van der Waals surface area (Å²) in [6, 6.07) is 10.6. The van der Waals surface area contributed by atoms with Crippen LogP contribution in [0.4, 0.5) is 10.5 Å². The number of aromatic nitrogens is 1. The molecule has 0 saturated carbocycles. The predicted octanol–water partition coefficient (Wildman–Crippen LogP) is 3.00. The molecule has 4 N–H and O–H groups in total. The Morgan fingerprint density at radius 3 is 2.53 bits per heavy atom. The summed E-state index contributed by atoms with van der Waals surface area (Å²) in [4.78, 5) is 36.0. The Bertz CT molecular complexity index is 1130. The number of carbonyl (C=O) groups is 2. The van der Waals surface area contributed by atoms with Gasteiger partial charge in [0.15, 0.2) is 5.69 Å². The van der Waals surface area contributed by atoms with Crippen LogP contribution in [-0.4, -0.2) is 26.8 Å². The van der Waals surface area contributed by atoms with Gasteiger partial charge in [0.1, 0.15) is 17.3 Å². The number of pyridine rings is 1. The molecule has 1 atom stereocenters. The third-order valence-corrected chi connectivity index (χ3v) is 4.48. The average Bonchev–Trinajstić information content (AvgIpc) is 3.20. The van der Waals surface area contributed by atoms with Crippen molar-refractivity contribution in [1.82, 2.24) is 9.88 Å². The van der Waals surface area contributed by atoms with Crippen molar-refractivity contribution in [2.45, 2.75) is 19.4 Å². The van der Waals surface area contributed by atoms with Crippen LogP contribution in [0.5, 0.6) is 5.75 Å². The number of amides is 2. The minimum atomic E-state index is -1.15. The lowest BCUT2D eigenvalue weighted by atomic mass is 10.1. The SMILES string of the molecule is Cc1cn(C)c(=O)c(NC(=O)NC(CC(=O)O)c2ccc(-c3ccccc3)o2)c1O. The first-order chi connectivity index (χ1) is 14.3. The van der Waals surface area contributed by atoms with Crippen LogP contribution in [0.25, 0.3) is 11.3 Å². The van der Waals surface area contributed by atoms with Crippen molar-refractivity contribution >= 4 is 17.7 Å². The normalized spacial score (nSPS) is 11.7. The lowest BCUT2D eigenvalue weighted by Crippen LogP contribution is -2.35. The van der Waals surface area contributed by atoms with E-state index in [9.17, 15) is 24.6 Å². The highest BCUT2D eigenvalue weighted by Gasteiger charge is 2.23. The monoisotopic (exact) mass is 411 g/mol. The number of anilines is 1. The molecule has 2 aromatic heterocycles. The number of aromatic hydroxyl groups is 1. The van der Waals surface area contributed by atoms with Crippen molar-refractivity contribution < 1.29 is 24.2 Å². The molecule has 9 heteroatoms. The lowest BCUT2D eigenvalue weighted by molar-refractivity contribution is -0.137. The zero-order valence-electron chi connectivity index (χ0n) is 16.4. The molecule has 0 spiro atoms. The Morgan fingerprint density at radius 2 is 1.87 bits per heavy atom. The Hall–Kier alpha value is -4.01. The number of nitrogens with zero attached hydrogens (tertiary/aromatic N) is 1. The summed E-state index contributed by atoms with van der Waals surface area (Å²) in [5, 5.41) is 24.1. The molecule has 0 fully saturated rings. The molecule has 9 nitrogen and oxygen atoms in total. The Kier molecular flexibility index (Phi) is 5.91. The first-order valence-electron chi connectivity index (χ1n) is 9.10. The van der Waals surface area contributed by atoms with E-state index in [0.29, 0.717) is 11.3 Å². The molecule has 2 amide bonds. The van der Waals surface area contributed by atoms with Crippen molar-refractivity contribution in [1.29, 1.82) is 0 Å². The second-order valence-electron chi connectivity index (χ2n) is 6.77. The molecule has 1 aromatic carbocycles. The van der Waals surface area contributed by atoms with Crippen LogP contribution in [-0.2, 0) is 11.8 Å². The van der Waals surface area contributed by atoms with Gasteiger partial charge in [-0.15, -0.1) is 0 Å². The summed E-state index contributed by atoms with van der Waals surface area (Å²) in [6.45, 7) is 1.58. The van der Waals surface area contributed by atoms with Gasteiger partial charge in [0.05, 0.1) is 12.5 Å². The Labute approximate surface area is 171 Å². The largest absolute Gasteiger partial charge is 0.505 e. The lowest BCUT2D eigenvalue weighted by Gasteiger charge is -2.16. The second kappa shape index (κ2) is 8.56. The molecule has 3 aromatic rings. The molecule has 0 aliphatic heterocycles. The first kappa shape index (κ1) is 20.7. The van der Waals surface area contributed by atoms with Crippen molar-refractivity contribution in [3.63, 3.8) is 0 Å². The summed E-state index contributed by atoms with van der Waals surface area (Å²) < 4.78 is 6.97. The number of urea groups is 1. The predicted molar refractivity (Wildman–Crippen MR) is 109 cm³/mol. The Balaban J connectivity index is 1.83. The van der Waals surface area contributed by atoms with E-state index in [0.717, 1.165) is 5.56 Å². The number of hydrogen-bond acceptors (Lipinski definition) is 5. The molecule has 0 saturated heterocycles. The number of rotatable bonds is 6. The molecule has 3 rings (SSSR count). The quantitative estimate of drug-likeness (QED) is 0.493. The van der Waals surface area contributed by atoms with E-state index in [1.807, 2.05) is 30.3 Å². The van der Waals surface area contributed by atoms with Gasteiger partial charge in [0.2, 0.25) is 0 Å². The van der Waals surface area contributed by atoms with Crippen LogP contribution in [0, 0.1) is 6.92 Å². The number of furan rings is 1. The number of aliphatic carboxylic acids is 1. The number of carboxylic acid groups (broad SMARTS) is 1.